The summed E-state index contributed by atoms with van der Waals surface area (Å²) in [5, 5.41) is 40.9. The van der Waals surface area contributed by atoms with Crippen molar-refractivity contribution in [2.75, 3.05) is 64.0 Å². The lowest BCUT2D eigenvalue weighted by molar-refractivity contribution is -0.671. The largest absolute Gasteiger partial charge is 1.00 e. The van der Waals surface area contributed by atoms with Gasteiger partial charge in [0.2, 0.25) is 12.7 Å². The Bertz CT molecular complexity index is 2610. The first-order valence-electron chi connectivity index (χ1n) is 24.6. The number of aryl methyl sites for hydroxylation is 2. The van der Waals surface area contributed by atoms with E-state index in [9.17, 15) is 35.4 Å². The topological polar surface area (TPSA) is 206 Å². The molecule has 4 aliphatic rings. The number of non-ortho nitro benzene ring substituents is 3. The van der Waals surface area contributed by atoms with Crippen LogP contribution in [0.3, 0.4) is 0 Å². The zero-order valence-electron chi connectivity index (χ0n) is 42.3. The number of nitrogens with zero attached hydrogens (tertiary/aromatic N) is 11. The predicted octanol–water partition coefficient (Wildman–Crippen LogP) is 2.24. The molecule has 19 nitrogen and oxygen atoms in total. The number of benzene rings is 4. The molecule has 4 aromatic carbocycles. The van der Waals surface area contributed by atoms with Crippen molar-refractivity contribution < 1.29 is 53.8 Å². The molecule has 3 N–H and O–H groups in total. The molecule has 6 heterocycles. The lowest BCUT2D eigenvalue weighted by Crippen LogP contribution is -3.00. The number of halogens is 4. The Morgan fingerprint density at radius 3 is 1.12 bits per heavy atom. The fourth-order valence-electron chi connectivity index (χ4n) is 10.1. The van der Waals surface area contributed by atoms with Crippen LogP contribution in [0.15, 0.2) is 135 Å². The molecule has 23 heteroatoms. The van der Waals surface area contributed by atoms with Crippen molar-refractivity contribution in [1.82, 2.24) is 9.13 Å². The summed E-state index contributed by atoms with van der Waals surface area (Å²) in [7, 11) is 4.07. The molecule has 0 unspecified atom stereocenters. The van der Waals surface area contributed by atoms with E-state index in [1.54, 1.807) is 48.5 Å². The van der Waals surface area contributed by atoms with Crippen molar-refractivity contribution >= 4 is 69.5 Å². The third-order valence-electron chi connectivity index (χ3n) is 13.8. The number of anilines is 5. The summed E-state index contributed by atoms with van der Waals surface area (Å²) in [6.07, 6.45) is 21.7. The maximum Gasteiger partial charge on any atom is 0.269 e. The van der Waals surface area contributed by atoms with Crippen LogP contribution in [-0.4, -0.2) is 91.8 Å². The first kappa shape index (κ1) is 61.2. The van der Waals surface area contributed by atoms with E-state index < -0.39 is 4.92 Å². The number of hydrogen-bond acceptors (Lipinski definition) is 12. The van der Waals surface area contributed by atoms with Gasteiger partial charge in [0.1, 0.15) is 37.9 Å². The molecule has 0 bridgehead atoms. The average molecular weight is 1120 g/mol. The van der Waals surface area contributed by atoms with E-state index >= 15 is 0 Å². The number of nitrogens with two attached hydrogens (primary N) is 1. The van der Waals surface area contributed by atoms with Gasteiger partial charge in [-0.2, -0.15) is 0 Å². The van der Waals surface area contributed by atoms with Gasteiger partial charge in [-0.05, 0) is 112 Å². The first-order chi connectivity index (χ1) is 34.8. The summed E-state index contributed by atoms with van der Waals surface area (Å²) in [5.41, 5.74) is 11.3. The fourth-order valence-corrected chi connectivity index (χ4v) is 10.4. The molecule has 4 saturated heterocycles. The zero-order valence-corrected chi connectivity index (χ0v) is 45.3. The molecule has 6 aromatic rings. The van der Waals surface area contributed by atoms with Crippen molar-refractivity contribution in [1.29, 1.82) is 0 Å². The van der Waals surface area contributed by atoms with E-state index in [-0.39, 0.29) is 76.8 Å². The van der Waals surface area contributed by atoms with Crippen LogP contribution < -0.4 is 59.3 Å². The normalized spacial score (nSPS) is 18.5. The number of aliphatic hydroxyl groups is 1. The molecule has 4 atom stereocenters. The van der Waals surface area contributed by atoms with Gasteiger partial charge in [-0.25, -0.2) is 18.3 Å². The van der Waals surface area contributed by atoms with E-state index in [0.717, 1.165) is 101 Å². The van der Waals surface area contributed by atoms with E-state index in [0.29, 0.717) is 24.0 Å². The highest BCUT2D eigenvalue weighted by Gasteiger charge is 2.29. The Morgan fingerprint density at radius 1 is 0.533 bits per heavy atom. The standard InChI is InChI=1S/C15H19N4O2.C15H21N4.C11H13ClN2O2.C11H14N2O3.3ClH/c1-16-9-10-17(12-16)11-15-3-2-8-18(15)13-4-6-14(7-5-13)19(20)21;1-17-9-10-18(12-17)11-15-3-2-8-19(15)14-6-4-13(16)5-7-14;12-8-11-2-1-7-13(11)9-3-5-10(6-4-9)14(15)16;14-8-11-2-1-7-12(11)9-3-5-10(6-4-9)13(15)16;;;/h4-7,9-10,12,15H,2-3,8,11H2,1H3;4-7,9-10,12,15H,2-3,8,11,16H2,1H3;3-6,11H,1-2,7-8H2;3-6,11,14H,1-2,7-8H2;3*1H/q2*+1;;;;;/p-2/t2*15-;2*11-;;;/m0000.../s1. The monoisotopic (exact) mass is 1110 g/mol. The van der Waals surface area contributed by atoms with E-state index in [1.807, 2.05) is 42.1 Å². The Morgan fingerprint density at radius 2 is 0.827 bits per heavy atom. The van der Waals surface area contributed by atoms with Crippen LogP contribution in [0.1, 0.15) is 51.4 Å². The van der Waals surface area contributed by atoms with Crippen molar-refractivity contribution in [3.05, 3.63) is 165 Å². The number of hydrogen-bond donors (Lipinski definition) is 2. The van der Waals surface area contributed by atoms with Crippen LogP contribution in [0.25, 0.3) is 0 Å². The Hall–Kier alpha value is -6.38. The van der Waals surface area contributed by atoms with Crippen LogP contribution in [0.2, 0.25) is 0 Å². The van der Waals surface area contributed by atoms with Crippen LogP contribution in [0, 0.1) is 30.3 Å². The highest BCUT2D eigenvalue weighted by Crippen LogP contribution is 2.31. The van der Waals surface area contributed by atoms with Crippen molar-refractivity contribution in [2.45, 2.75) is 88.6 Å². The molecule has 0 amide bonds. The second kappa shape index (κ2) is 29.6. The number of nitrogen functional groups attached to an aromatic ring is 1. The highest BCUT2D eigenvalue weighted by atomic mass is 35.5. The summed E-state index contributed by atoms with van der Waals surface area (Å²) < 4.78 is 8.57. The van der Waals surface area contributed by atoms with E-state index in [2.05, 4.69) is 83.7 Å². The van der Waals surface area contributed by atoms with Gasteiger partial charge in [0.25, 0.3) is 17.1 Å². The molecular formula is C52H68Cl4N12O7. The summed E-state index contributed by atoms with van der Waals surface area (Å²) in [4.78, 5) is 39.8. The quantitative estimate of drug-likeness (QED) is 0.0562. The third kappa shape index (κ3) is 16.8. The molecule has 10 rings (SSSR count). The van der Waals surface area contributed by atoms with Crippen LogP contribution >= 0.6 is 24.0 Å². The number of nitro groups is 3. The molecule has 0 aliphatic carbocycles. The second-order valence-electron chi connectivity index (χ2n) is 18.8. The second-order valence-corrected chi connectivity index (χ2v) is 19.1. The number of alkyl halides is 1. The minimum atomic E-state index is -0.405. The van der Waals surface area contributed by atoms with Crippen LogP contribution in [0.4, 0.5) is 45.5 Å². The number of nitro benzene ring substituents is 3. The van der Waals surface area contributed by atoms with Crippen molar-refractivity contribution in [3.63, 3.8) is 0 Å². The van der Waals surface area contributed by atoms with Gasteiger partial charge in [-0.1, -0.05) is 0 Å². The number of aromatic nitrogens is 4. The molecule has 0 saturated carbocycles. The highest BCUT2D eigenvalue weighted by molar-refractivity contribution is 6.18. The Kier molecular flexibility index (Phi) is 24.2. The number of rotatable bonds is 13. The summed E-state index contributed by atoms with van der Waals surface area (Å²) in [6.45, 7) is 6.16. The van der Waals surface area contributed by atoms with Gasteiger partial charge in [0, 0.05) is 103 Å². The maximum absolute atomic E-state index is 10.7. The van der Waals surface area contributed by atoms with Crippen LogP contribution in [-0.2, 0) is 27.2 Å². The molecule has 4 fully saturated rings. The smallest absolute Gasteiger partial charge is 0.269 e. The third-order valence-corrected chi connectivity index (χ3v) is 14.1. The Labute approximate surface area is 461 Å². The van der Waals surface area contributed by atoms with Gasteiger partial charge in [-0.15, -0.1) is 24.0 Å². The molecule has 2 aromatic heterocycles. The predicted molar refractivity (Wildman–Crippen MR) is 288 cm³/mol. The van der Waals surface area contributed by atoms with Crippen molar-refractivity contribution in [2.24, 2.45) is 14.1 Å². The summed E-state index contributed by atoms with van der Waals surface area (Å²) >= 11 is 5.88. The summed E-state index contributed by atoms with van der Waals surface area (Å²) in [5.74, 6) is 0.608. The van der Waals surface area contributed by atoms with Crippen LogP contribution in [0.5, 0.6) is 0 Å². The molecule has 0 radical (unpaired) electrons. The zero-order chi connectivity index (χ0) is 51.1. The van der Waals surface area contributed by atoms with Gasteiger partial charge >= 0.3 is 0 Å². The summed E-state index contributed by atoms with van der Waals surface area (Å²) in [6, 6.07) is 29.8. The molecule has 0 spiro atoms. The SMILES string of the molecule is C[n+]1ccn(C[C@@H]2CCCN2c2ccc(N)cc2)c1.C[n+]1ccn(C[C@@H]2CCCN2c2ccc([N+](=O)[O-])cc2)c1.Cl.O=[N+]([O-])c1ccc(N2CCC[C@H]2CCl)cc1.O=[N+]([O-])c1ccc(N2CCC[C@H]2CO)cc1.[Cl-].[Cl-]. The van der Waals surface area contributed by atoms with Gasteiger partial charge in [-0.3, -0.25) is 30.3 Å². The van der Waals surface area contributed by atoms with Gasteiger partial charge in [0.05, 0.1) is 53.6 Å². The van der Waals surface area contributed by atoms with Gasteiger partial charge < -0.3 is 55.3 Å². The maximum atomic E-state index is 10.7. The van der Waals surface area contributed by atoms with Gasteiger partial charge in [0.15, 0.2) is 0 Å². The molecular weight excluding hydrogens is 1050 g/mol. The molecule has 406 valence electrons. The fraction of sp³-hybridized carbons (Fsp3) is 0.423. The lowest BCUT2D eigenvalue weighted by atomic mass is 10.2. The average Bonchev–Trinajstić information content (AvgIpc) is 4.27. The molecule has 4 aliphatic heterocycles. The van der Waals surface area contributed by atoms with E-state index in [4.69, 9.17) is 17.3 Å². The minimum absolute atomic E-state index is 0. The number of aliphatic hydroxyl groups excluding tert-OH is 1. The minimum Gasteiger partial charge on any atom is -1.00 e. The van der Waals surface area contributed by atoms with Crippen molar-refractivity contribution in [3.8, 4) is 0 Å². The lowest BCUT2D eigenvalue weighted by Gasteiger charge is -2.25. The first-order valence-corrected chi connectivity index (χ1v) is 25.2. The Balaban J connectivity index is 0.000000215. The van der Waals surface area contributed by atoms with E-state index in [1.165, 1.54) is 30.7 Å². The number of imidazole rings is 2. The molecule has 75 heavy (non-hydrogen) atoms.